The van der Waals surface area contributed by atoms with Crippen LogP contribution in [0.4, 0.5) is 11.6 Å². The smallest absolute Gasteiger partial charge is 0.266 e. The van der Waals surface area contributed by atoms with Gasteiger partial charge in [-0.15, -0.1) is 0 Å². The molecule has 2 aromatic rings. The minimum atomic E-state index is -0.191. The van der Waals surface area contributed by atoms with Gasteiger partial charge in [0.25, 0.3) is 5.91 Å². The summed E-state index contributed by atoms with van der Waals surface area (Å²) >= 11 is 0. The van der Waals surface area contributed by atoms with E-state index in [9.17, 15) is 9.59 Å². The average molecular weight is 397 g/mol. The normalized spacial score (nSPS) is 18.6. The number of hydrogen-bond acceptors (Lipinski definition) is 6. The standard InChI is InChI=1S/C21H23N3O5/c1-28-16-4-2-14(3-5-16)11-24-20(27)13-29-17-6-7-18(22-21(17)24)23-12-15(8-9-25)10-19(23)26/h2-7,15,25H,8-13H2,1H3. The maximum Gasteiger partial charge on any atom is 0.266 e. The lowest BCUT2D eigenvalue weighted by molar-refractivity contribution is -0.121. The number of rotatable bonds is 6. The summed E-state index contributed by atoms with van der Waals surface area (Å²) in [6.45, 7) is 0.863. The van der Waals surface area contributed by atoms with Gasteiger partial charge in [-0.3, -0.25) is 19.4 Å². The summed E-state index contributed by atoms with van der Waals surface area (Å²) in [5.41, 5.74) is 0.930. The van der Waals surface area contributed by atoms with Crippen molar-refractivity contribution in [3.05, 3.63) is 42.0 Å². The Morgan fingerprint density at radius 3 is 2.69 bits per heavy atom. The van der Waals surface area contributed by atoms with Crippen molar-refractivity contribution in [1.82, 2.24) is 4.98 Å². The Kier molecular flexibility index (Phi) is 5.35. The third-order valence-corrected chi connectivity index (χ3v) is 5.25. The minimum absolute atomic E-state index is 0.0272. The van der Waals surface area contributed by atoms with Crippen LogP contribution < -0.4 is 19.3 Å². The zero-order valence-corrected chi connectivity index (χ0v) is 16.2. The van der Waals surface area contributed by atoms with Crippen LogP contribution in [0, 0.1) is 5.92 Å². The number of carbonyl (C=O) groups is 2. The molecule has 1 saturated heterocycles. The monoisotopic (exact) mass is 397 g/mol. The first-order chi connectivity index (χ1) is 14.1. The first-order valence-electron chi connectivity index (χ1n) is 9.57. The Morgan fingerprint density at radius 1 is 1.17 bits per heavy atom. The van der Waals surface area contributed by atoms with Gasteiger partial charge < -0.3 is 14.6 Å². The molecule has 1 unspecified atom stereocenters. The van der Waals surface area contributed by atoms with E-state index in [4.69, 9.17) is 14.6 Å². The van der Waals surface area contributed by atoms with Gasteiger partial charge in [0, 0.05) is 19.6 Å². The van der Waals surface area contributed by atoms with Crippen molar-refractivity contribution < 1.29 is 24.2 Å². The molecule has 8 nitrogen and oxygen atoms in total. The third kappa shape index (κ3) is 3.88. The van der Waals surface area contributed by atoms with Crippen molar-refractivity contribution in [2.45, 2.75) is 19.4 Å². The quantitative estimate of drug-likeness (QED) is 0.799. The lowest BCUT2D eigenvalue weighted by atomic mass is 10.1. The molecule has 29 heavy (non-hydrogen) atoms. The third-order valence-electron chi connectivity index (χ3n) is 5.25. The van der Waals surface area contributed by atoms with Crippen molar-refractivity contribution >= 4 is 23.5 Å². The molecule has 3 heterocycles. The first kappa shape index (κ1) is 19.2. The van der Waals surface area contributed by atoms with E-state index in [1.54, 1.807) is 29.0 Å². The van der Waals surface area contributed by atoms with Gasteiger partial charge in [-0.05, 0) is 42.2 Å². The highest BCUT2D eigenvalue weighted by Crippen LogP contribution is 2.35. The van der Waals surface area contributed by atoms with Crippen molar-refractivity contribution in [2.75, 3.05) is 36.7 Å². The van der Waals surface area contributed by atoms with Crippen molar-refractivity contribution in [1.29, 1.82) is 0 Å². The van der Waals surface area contributed by atoms with Crippen LogP contribution in [0.2, 0.25) is 0 Å². The minimum Gasteiger partial charge on any atom is -0.497 e. The molecule has 8 heteroatoms. The number of aromatic nitrogens is 1. The number of ether oxygens (including phenoxy) is 2. The van der Waals surface area contributed by atoms with Gasteiger partial charge in [0.2, 0.25) is 5.91 Å². The molecule has 1 N–H and O–H groups in total. The highest BCUT2D eigenvalue weighted by molar-refractivity contribution is 5.98. The Bertz CT molecular complexity index is 915. The molecule has 152 valence electrons. The SMILES string of the molecule is COc1ccc(CN2C(=O)COc3ccc(N4CC(CCO)CC4=O)nc32)cc1. The van der Waals surface area contributed by atoms with Gasteiger partial charge in [0.15, 0.2) is 18.2 Å². The average Bonchev–Trinajstić information content (AvgIpc) is 3.10. The van der Waals surface area contributed by atoms with E-state index in [0.29, 0.717) is 43.3 Å². The molecule has 1 aromatic carbocycles. The molecule has 0 bridgehead atoms. The predicted molar refractivity (Wildman–Crippen MR) is 106 cm³/mol. The van der Waals surface area contributed by atoms with Crippen LogP contribution in [0.15, 0.2) is 36.4 Å². The summed E-state index contributed by atoms with van der Waals surface area (Å²) < 4.78 is 10.7. The molecular weight excluding hydrogens is 374 g/mol. The molecule has 1 atom stereocenters. The number of benzene rings is 1. The van der Waals surface area contributed by atoms with Gasteiger partial charge in [0.1, 0.15) is 11.6 Å². The van der Waals surface area contributed by atoms with E-state index < -0.39 is 0 Å². The number of nitrogens with zero attached hydrogens (tertiary/aromatic N) is 3. The molecule has 2 aliphatic rings. The number of pyridine rings is 1. The summed E-state index contributed by atoms with van der Waals surface area (Å²) in [5, 5.41) is 9.15. The Hall–Kier alpha value is -3.13. The number of methoxy groups -OCH3 is 1. The van der Waals surface area contributed by atoms with Crippen molar-refractivity contribution in [3.63, 3.8) is 0 Å². The van der Waals surface area contributed by atoms with E-state index in [2.05, 4.69) is 4.98 Å². The molecule has 0 aliphatic carbocycles. The van der Waals surface area contributed by atoms with Crippen molar-refractivity contribution in [3.8, 4) is 11.5 Å². The summed E-state index contributed by atoms with van der Waals surface area (Å²) in [6.07, 6.45) is 0.975. The topological polar surface area (TPSA) is 92.2 Å². The zero-order chi connectivity index (χ0) is 20.4. The molecule has 0 saturated carbocycles. The molecule has 0 radical (unpaired) electrons. The fourth-order valence-corrected chi connectivity index (χ4v) is 3.67. The number of fused-ring (bicyclic) bond motifs is 1. The van der Waals surface area contributed by atoms with Crippen LogP contribution in [0.25, 0.3) is 0 Å². The van der Waals surface area contributed by atoms with Crippen LogP contribution in [0.1, 0.15) is 18.4 Å². The van der Waals surface area contributed by atoms with Crippen LogP contribution in [0.3, 0.4) is 0 Å². The maximum absolute atomic E-state index is 12.5. The number of aliphatic hydroxyl groups excluding tert-OH is 1. The largest absolute Gasteiger partial charge is 0.497 e. The van der Waals surface area contributed by atoms with Gasteiger partial charge in [-0.1, -0.05) is 12.1 Å². The second-order valence-corrected chi connectivity index (χ2v) is 7.19. The van der Waals surface area contributed by atoms with E-state index >= 15 is 0 Å². The fourth-order valence-electron chi connectivity index (χ4n) is 3.67. The Balaban J connectivity index is 1.60. The molecule has 1 fully saturated rings. The van der Waals surface area contributed by atoms with Gasteiger partial charge >= 0.3 is 0 Å². The number of hydrogen-bond donors (Lipinski definition) is 1. The summed E-state index contributed by atoms with van der Waals surface area (Å²) in [5.74, 6) is 2.05. The van der Waals surface area contributed by atoms with E-state index in [1.807, 2.05) is 24.3 Å². The number of amides is 2. The number of carbonyl (C=O) groups excluding carboxylic acids is 2. The van der Waals surface area contributed by atoms with E-state index in [0.717, 1.165) is 11.3 Å². The highest BCUT2D eigenvalue weighted by atomic mass is 16.5. The molecular formula is C21H23N3O5. The van der Waals surface area contributed by atoms with E-state index in [1.165, 1.54) is 0 Å². The molecule has 4 rings (SSSR count). The van der Waals surface area contributed by atoms with Gasteiger partial charge in [0.05, 0.1) is 13.7 Å². The first-order valence-corrected chi connectivity index (χ1v) is 9.57. The fraction of sp³-hybridized carbons (Fsp3) is 0.381. The summed E-state index contributed by atoms with van der Waals surface area (Å²) in [6, 6.07) is 11.0. The Labute approximate surface area is 168 Å². The number of anilines is 2. The second-order valence-electron chi connectivity index (χ2n) is 7.19. The Morgan fingerprint density at radius 2 is 1.97 bits per heavy atom. The van der Waals surface area contributed by atoms with Crippen LogP contribution in [0.5, 0.6) is 11.5 Å². The number of aliphatic hydroxyl groups is 1. The highest BCUT2D eigenvalue weighted by Gasteiger charge is 2.33. The van der Waals surface area contributed by atoms with Gasteiger partial charge in [-0.2, -0.15) is 0 Å². The molecule has 2 aliphatic heterocycles. The van der Waals surface area contributed by atoms with Crippen LogP contribution in [-0.2, 0) is 16.1 Å². The molecule has 2 amide bonds. The van der Waals surface area contributed by atoms with Crippen LogP contribution in [-0.4, -0.2) is 48.8 Å². The maximum atomic E-state index is 12.5. The van der Waals surface area contributed by atoms with Crippen molar-refractivity contribution in [2.24, 2.45) is 5.92 Å². The molecule has 0 spiro atoms. The lowest BCUT2D eigenvalue weighted by Gasteiger charge is -2.29. The predicted octanol–water partition coefficient (Wildman–Crippen LogP) is 1.75. The summed E-state index contributed by atoms with van der Waals surface area (Å²) in [4.78, 5) is 32.7. The summed E-state index contributed by atoms with van der Waals surface area (Å²) in [7, 11) is 1.60. The van der Waals surface area contributed by atoms with Crippen LogP contribution >= 0.6 is 0 Å². The van der Waals surface area contributed by atoms with E-state index in [-0.39, 0.29) is 30.9 Å². The molecule has 1 aromatic heterocycles. The van der Waals surface area contributed by atoms with Gasteiger partial charge in [-0.25, -0.2) is 4.98 Å². The zero-order valence-electron chi connectivity index (χ0n) is 16.2. The second kappa shape index (κ2) is 8.08. The lowest BCUT2D eigenvalue weighted by Crippen LogP contribution is -2.39.